The van der Waals surface area contributed by atoms with Crippen LogP contribution in [0.4, 0.5) is 13.2 Å². The molecule has 0 saturated carbocycles. The third kappa shape index (κ3) is 3.40. The molecule has 0 amide bonds. The first kappa shape index (κ1) is 18.0. The topological polar surface area (TPSA) is 52.8 Å². The molecule has 28 heavy (non-hydrogen) atoms. The van der Waals surface area contributed by atoms with Crippen LogP contribution in [-0.2, 0) is 6.54 Å². The van der Waals surface area contributed by atoms with Gasteiger partial charge in [-0.25, -0.2) is 13.2 Å². The van der Waals surface area contributed by atoms with Crippen molar-refractivity contribution >= 4 is 11.0 Å². The van der Waals surface area contributed by atoms with Crippen molar-refractivity contribution in [2.75, 3.05) is 7.11 Å². The largest absolute Gasteiger partial charge is 0.495 e. The highest BCUT2D eigenvalue weighted by Crippen LogP contribution is 2.29. The first-order chi connectivity index (χ1) is 13.5. The number of hydrogen-bond donors (Lipinski definition) is 0. The van der Waals surface area contributed by atoms with Crippen LogP contribution in [0.5, 0.6) is 5.75 Å². The Morgan fingerprint density at radius 3 is 2.68 bits per heavy atom. The number of aromatic nitrogens is 4. The Bertz CT molecular complexity index is 1140. The van der Waals surface area contributed by atoms with Crippen molar-refractivity contribution in [3.63, 3.8) is 0 Å². The zero-order valence-electron chi connectivity index (χ0n) is 14.8. The number of hydrogen-bond acceptors (Lipinski definition) is 4. The number of rotatable bonds is 5. The van der Waals surface area contributed by atoms with E-state index in [0.717, 1.165) is 23.2 Å². The molecular weight excluding hydrogens is 369 g/mol. The first-order valence-corrected chi connectivity index (χ1v) is 8.42. The van der Waals surface area contributed by atoms with Gasteiger partial charge in [-0.1, -0.05) is 6.07 Å². The number of nitrogens with zero attached hydrogens (tertiary/aromatic N) is 4. The van der Waals surface area contributed by atoms with Crippen molar-refractivity contribution in [1.29, 1.82) is 0 Å². The number of pyridine rings is 2. The summed E-state index contributed by atoms with van der Waals surface area (Å²) in [6.45, 7) is 0.435. The molecule has 0 spiro atoms. The van der Waals surface area contributed by atoms with E-state index < -0.39 is 17.8 Å². The SMILES string of the molecule is COc1cncc(Cn2ncc3ncc(-c4ccc(F)c(C(F)F)c4)cc32)c1. The summed E-state index contributed by atoms with van der Waals surface area (Å²) in [7, 11) is 1.57. The molecule has 5 nitrogen and oxygen atoms in total. The van der Waals surface area contributed by atoms with Crippen LogP contribution >= 0.6 is 0 Å². The Hall–Kier alpha value is -3.42. The van der Waals surface area contributed by atoms with Crippen molar-refractivity contribution in [3.05, 3.63) is 72.1 Å². The zero-order chi connectivity index (χ0) is 19.7. The minimum absolute atomic E-state index is 0.435. The Morgan fingerprint density at radius 1 is 1.04 bits per heavy atom. The second-order valence-electron chi connectivity index (χ2n) is 6.20. The Labute approximate surface area is 158 Å². The van der Waals surface area contributed by atoms with Crippen molar-refractivity contribution in [1.82, 2.24) is 19.7 Å². The Kier molecular flexibility index (Phi) is 4.68. The normalized spacial score (nSPS) is 11.3. The molecular formula is C20H15F3N4O. The van der Waals surface area contributed by atoms with Gasteiger partial charge in [0.05, 0.1) is 37.1 Å². The predicted molar refractivity (Wildman–Crippen MR) is 97.8 cm³/mol. The number of fused-ring (bicyclic) bond motifs is 1. The van der Waals surface area contributed by atoms with Crippen molar-refractivity contribution in [3.8, 4) is 16.9 Å². The van der Waals surface area contributed by atoms with E-state index in [2.05, 4.69) is 15.1 Å². The molecule has 0 unspecified atom stereocenters. The molecule has 0 N–H and O–H groups in total. The summed E-state index contributed by atoms with van der Waals surface area (Å²) in [5.41, 5.74) is 2.70. The molecule has 4 rings (SSSR count). The summed E-state index contributed by atoms with van der Waals surface area (Å²) in [6, 6.07) is 7.30. The Balaban J connectivity index is 1.73. The maximum Gasteiger partial charge on any atom is 0.266 e. The smallest absolute Gasteiger partial charge is 0.266 e. The van der Waals surface area contributed by atoms with Crippen molar-refractivity contribution in [2.24, 2.45) is 0 Å². The van der Waals surface area contributed by atoms with Crippen LogP contribution in [0.1, 0.15) is 17.6 Å². The third-order valence-electron chi connectivity index (χ3n) is 4.40. The molecule has 0 aliphatic carbocycles. The van der Waals surface area contributed by atoms with E-state index in [1.54, 1.807) is 42.6 Å². The summed E-state index contributed by atoms with van der Waals surface area (Å²) >= 11 is 0. The van der Waals surface area contributed by atoms with Crippen LogP contribution in [-0.4, -0.2) is 26.9 Å². The molecule has 1 aromatic carbocycles. The average Bonchev–Trinajstić information content (AvgIpc) is 3.10. The lowest BCUT2D eigenvalue weighted by Crippen LogP contribution is -2.02. The van der Waals surface area contributed by atoms with Gasteiger partial charge in [-0.2, -0.15) is 5.10 Å². The maximum atomic E-state index is 13.6. The molecule has 8 heteroatoms. The number of benzene rings is 1. The minimum Gasteiger partial charge on any atom is -0.495 e. The highest BCUT2D eigenvalue weighted by Gasteiger charge is 2.15. The number of alkyl halides is 2. The summed E-state index contributed by atoms with van der Waals surface area (Å²) < 4.78 is 46.5. The van der Waals surface area contributed by atoms with Gasteiger partial charge in [-0.3, -0.25) is 14.6 Å². The van der Waals surface area contributed by atoms with Gasteiger partial charge in [0.25, 0.3) is 6.43 Å². The molecule has 0 radical (unpaired) electrons. The summed E-state index contributed by atoms with van der Waals surface area (Å²) in [5, 5.41) is 4.35. The fourth-order valence-electron chi connectivity index (χ4n) is 2.97. The monoisotopic (exact) mass is 384 g/mol. The standard InChI is InChI=1S/C20H15F3N4O/c1-28-15-4-12(7-24-9-15)11-27-19-6-14(8-25-18(19)10-26-27)13-2-3-17(21)16(5-13)20(22)23/h2-10,20H,11H2,1H3. The predicted octanol–water partition coefficient (Wildman–Crippen LogP) is 4.63. The fraction of sp³-hybridized carbons (Fsp3) is 0.150. The van der Waals surface area contributed by atoms with E-state index in [-0.39, 0.29) is 0 Å². The number of halogens is 3. The van der Waals surface area contributed by atoms with Crippen molar-refractivity contribution in [2.45, 2.75) is 13.0 Å². The van der Waals surface area contributed by atoms with E-state index >= 15 is 0 Å². The van der Waals surface area contributed by atoms with Gasteiger partial charge in [-0.05, 0) is 35.4 Å². The van der Waals surface area contributed by atoms with Crippen LogP contribution in [0.3, 0.4) is 0 Å². The van der Waals surface area contributed by atoms with Gasteiger partial charge in [0, 0.05) is 18.0 Å². The molecule has 3 heterocycles. The second kappa shape index (κ2) is 7.30. The highest BCUT2D eigenvalue weighted by atomic mass is 19.3. The Morgan fingerprint density at radius 2 is 1.89 bits per heavy atom. The summed E-state index contributed by atoms with van der Waals surface area (Å²) in [5.74, 6) is -0.290. The molecule has 4 aromatic rings. The van der Waals surface area contributed by atoms with Gasteiger partial charge in [0.1, 0.15) is 17.1 Å². The molecule has 0 atom stereocenters. The van der Waals surface area contributed by atoms with Crippen LogP contribution < -0.4 is 4.74 Å². The van der Waals surface area contributed by atoms with Crippen LogP contribution in [0.15, 0.2) is 55.1 Å². The average molecular weight is 384 g/mol. The van der Waals surface area contributed by atoms with Crippen LogP contribution in [0.25, 0.3) is 22.2 Å². The maximum absolute atomic E-state index is 13.6. The molecule has 0 fully saturated rings. The summed E-state index contributed by atoms with van der Waals surface area (Å²) in [6.07, 6.45) is 3.62. The molecule has 0 saturated heterocycles. The zero-order valence-corrected chi connectivity index (χ0v) is 14.8. The van der Waals surface area contributed by atoms with Crippen molar-refractivity contribution < 1.29 is 17.9 Å². The van der Waals surface area contributed by atoms with E-state index in [1.807, 2.05) is 6.07 Å². The lowest BCUT2D eigenvalue weighted by Gasteiger charge is -2.08. The van der Waals surface area contributed by atoms with E-state index in [0.29, 0.717) is 28.9 Å². The van der Waals surface area contributed by atoms with Gasteiger partial charge in [0.2, 0.25) is 0 Å². The summed E-state index contributed by atoms with van der Waals surface area (Å²) in [4.78, 5) is 8.47. The minimum atomic E-state index is -2.89. The number of methoxy groups -OCH3 is 1. The van der Waals surface area contributed by atoms with E-state index in [9.17, 15) is 13.2 Å². The van der Waals surface area contributed by atoms with Gasteiger partial charge >= 0.3 is 0 Å². The first-order valence-electron chi connectivity index (χ1n) is 8.42. The lowest BCUT2D eigenvalue weighted by molar-refractivity contribution is 0.146. The van der Waals surface area contributed by atoms with Gasteiger partial charge in [0.15, 0.2) is 0 Å². The molecule has 0 bridgehead atoms. The van der Waals surface area contributed by atoms with E-state index in [4.69, 9.17) is 4.74 Å². The molecule has 142 valence electrons. The molecule has 3 aromatic heterocycles. The van der Waals surface area contributed by atoms with Gasteiger partial charge in [-0.15, -0.1) is 0 Å². The third-order valence-corrected chi connectivity index (χ3v) is 4.40. The molecule has 0 aliphatic rings. The lowest BCUT2D eigenvalue weighted by atomic mass is 10.0. The second-order valence-corrected chi connectivity index (χ2v) is 6.20. The molecule has 0 aliphatic heterocycles. The van der Waals surface area contributed by atoms with Crippen LogP contribution in [0.2, 0.25) is 0 Å². The highest BCUT2D eigenvalue weighted by molar-refractivity contribution is 5.80. The van der Waals surface area contributed by atoms with Gasteiger partial charge < -0.3 is 4.74 Å². The van der Waals surface area contributed by atoms with Crippen LogP contribution in [0, 0.1) is 5.82 Å². The van der Waals surface area contributed by atoms with E-state index in [1.165, 1.54) is 6.07 Å². The number of ether oxygens (including phenoxy) is 1. The quantitative estimate of drug-likeness (QED) is 0.504. The fourth-order valence-corrected chi connectivity index (χ4v) is 2.97.